The molecule has 0 spiro atoms. The first-order chi connectivity index (χ1) is 8.54. The summed E-state index contributed by atoms with van der Waals surface area (Å²) in [6.07, 6.45) is 1.47. The molecule has 18 heavy (non-hydrogen) atoms. The predicted molar refractivity (Wildman–Crippen MR) is 72.9 cm³/mol. The number of nitrogens with zero attached hydrogens (tertiary/aromatic N) is 2. The van der Waals surface area contributed by atoms with E-state index in [9.17, 15) is 4.79 Å². The van der Waals surface area contributed by atoms with E-state index in [4.69, 9.17) is 5.11 Å². The summed E-state index contributed by atoms with van der Waals surface area (Å²) in [7, 11) is 0. The van der Waals surface area contributed by atoms with Crippen molar-refractivity contribution in [2.24, 2.45) is 0 Å². The lowest BCUT2D eigenvalue weighted by atomic mass is 10.0. The Kier molecular flexibility index (Phi) is 3.52. The summed E-state index contributed by atoms with van der Waals surface area (Å²) in [6, 6.07) is 6.02. The molecule has 1 aromatic heterocycles. The van der Waals surface area contributed by atoms with Crippen LogP contribution < -0.4 is 0 Å². The van der Waals surface area contributed by atoms with Gasteiger partial charge in [0.1, 0.15) is 0 Å². The molecule has 0 saturated carbocycles. The molecule has 1 aromatic carbocycles. The third-order valence-electron chi connectivity index (χ3n) is 2.94. The fourth-order valence-electron chi connectivity index (χ4n) is 1.89. The van der Waals surface area contributed by atoms with E-state index in [0.717, 1.165) is 26.7 Å². The van der Waals surface area contributed by atoms with Gasteiger partial charge in [-0.25, -0.2) is 4.79 Å². The molecule has 94 valence electrons. The monoisotopic (exact) mass is 308 g/mol. The molecule has 0 saturated heterocycles. The van der Waals surface area contributed by atoms with Gasteiger partial charge in [-0.1, -0.05) is 35.0 Å². The summed E-state index contributed by atoms with van der Waals surface area (Å²) in [5.41, 5.74) is 3.64. The van der Waals surface area contributed by atoms with Crippen molar-refractivity contribution in [3.05, 3.63) is 40.1 Å². The quantitative estimate of drug-likeness (QED) is 0.920. The number of carboxylic acid groups (broad SMARTS) is 1. The molecule has 2 aromatic rings. The summed E-state index contributed by atoms with van der Waals surface area (Å²) in [4.78, 5) is 10.9. The van der Waals surface area contributed by atoms with Gasteiger partial charge in [-0.05, 0) is 30.5 Å². The lowest BCUT2D eigenvalue weighted by Crippen LogP contribution is -2.11. The number of rotatable bonds is 2. The Morgan fingerprint density at radius 3 is 2.72 bits per heavy atom. The van der Waals surface area contributed by atoms with E-state index < -0.39 is 6.09 Å². The van der Waals surface area contributed by atoms with Crippen LogP contribution in [0.25, 0.3) is 11.1 Å². The molecule has 0 aliphatic heterocycles. The Balaban J connectivity index is 2.49. The minimum atomic E-state index is -1.07. The maximum absolute atomic E-state index is 10.9. The van der Waals surface area contributed by atoms with Crippen LogP contribution in [0.4, 0.5) is 4.79 Å². The second-order valence-electron chi connectivity index (χ2n) is 4.00. The summed E-state index contributed by atoms with van der Waals surface area (Å²) in [5, 5.41) is 12.8. The Morgan fingerprint density at radius 1 is 1.50 bits per heavy atom. The molecule has 0 amide bonds. The average Bonchev–Trinajstić information content (AvgIpc) is 2.71. The first-order valence-electron chi connectivity index (χ1n) is 5.61. The molecule has 5 heteroatoms. The Morgan fingerprint density at radius 2 is 2.22 bits per heavy atom. The third-order valence-corrected chi connectivity index (χ3v) is 3.67. The Bertz CT molecular complexity index is 605. The molecule has 4 nitrogen and oxygen atoms in total. The van der Waals surface area contributed by atoms with Crippen molar-refractivity contribution in [2.75, 3.05) is 0 Å². The van der Waals surface area contributed by atoms with Crippen molar-refractivity contribution < 1.29 is 9.90 Å². The van der Waals surface area contributed by atoms with Crippen LogP contribution in [0, 0.1) is 6.92 Å². The zero-order valence-electron chi connectivity index (χ0n) is 10.1. The van der Waals surface area contributed by atoms with Gasteiger partial charge in [0.05, 0.1) is 11.9 Å². The van der Waals surface area contributed by atoms with Gasteiger partial charge < -0.3 is 5.11 Å². The van der Waals surface area contributed by atoms with E-state index in [1.165, 1.54) is 5.56 Å². The zero-order chi connectivity index (χ0) is 13.3. The van der Waals surface area contributed by atoms with E-state index >= 15 is 0 Å². The molecule has 0 aliphatic carbocycles. The number of benzene rings is 1. The molecular formula is C13H13BrN2O2. The Hall–Kier alpha value is -1.62. The summed E-state index contributed by atoms with van der Waals surface area (Å²) in [5.74, 6) is 0. The lowest BCUT2D eigenvalue weighted by molar-refractivity contribution is 0.192. The third kappa shape index (κ3) is 2.18. The van der Waals surface area contributed by atoms with Crippen molar-refractivity contribution >= 4 is 22.0 Å². The average molecular weight is 309 g/mol. The van der Waals surface area contributed by atoms with Crippen molar-refractivity contribution in [1.82, 2.24) is 9.78 Å². The zero-order valence-corrected chi connectivity index (χ0v) is 11.7. The highest BCUT2D eigenvalue weighted by molar-refractivity contribution is 9.10. The van der Waals surface area contributed by atoms with E-state index in [1.807, 2.05) is 18.2 Å². The fourth-order valence-corrected chi connectivity index (χ4v) is 2.55. The number of hydrogen-bond acceptors (Lipinski definition) is 2. The topological polar surface area (TPSA) is 55.1 Å². The first kappa shape index (κ1) is 12.8. The normalized spacial score (nSPS) is 10.6. The predicted octanol–water partition coefficient (Wildman–Crippen LogP) is 3.71. The van der Waals surface area contributed by atoms with Crippen LogP contribution in [0.3, 0.4) is 0 Å². The van der Waals surface area contributed by atoms with E-state index in [-0.39, 0.29) is 0 Å². The highest BCUT2D eigenvalue weighted by Crippen LogP contribution is 2.28. The minimum Gasteiger partial charge on any atom is -0.463 e. The van der Waals surface area contributed by atoms with Gasteiger partial charge in [-0.15, -0.1) is 0 Å². The van der Waals surface area contributed by atoms with Crippen LogP contribution >= 0.6 is 15.9 Å². The number of carbonyl (C=O) groups is 1. The summed E-state index contributed by atoms with van der Waals surface area (Å²) in [6.45, 7) is 3.84. The van der Waals surface area contributed by atoms with Crippen LogP contribution in [-0.2, 0) is 6.42 Å². The van der Waals surface area contributed by atoms with E-state index in [2.05, 4.69) is 28.0 Å². The van der Waals surface area contributed by atoms with Gasteiger partial charge in [0.25, 0.3) is 0 Å². The number of aromatic nitrogens is 2. The molecule has 0 bridgehead atoms. The molecule has 2 rings (SSSR count). The van der Waals surface area contributed by atoms with Crippen LogP contribution in [0.5, 0.6) is 0 Å². The van der Waals surface area contributed by atoms with Crippen LogP contribution in [0.2, 0.25) is 0 Å². The molecule has 0 atom stereocenters. The van der Waals surface area contributed by atoms with Gasteiger partial charge in [0, 0.05) is 10.0 Å². The maximum Gasteiger partial charge on any atom is 0.432 e. The second-order valence-corrected chi connectivity index (χ2v) is 4.85. The van der Waals surface area contributed by atoms with Crippen LogP contribution in [0.1, 0.15) is 18.2 Å². The first-order valence-corrected chi connectivity index (χ1v) is 6.40. The van der Waals surface area contributed by atoms with Crippen LogP contribution in [-0.4, -0.2) is 21.0 Å². The van der Waals surface area contributed by atoms with Crippen molar-refractivity contribution in [2.45, 2.75) is 20.3 Å². The molecule has 0 fully saturated rings. The molecular weight excluding hydrogens is 296 g/mol. The molecule has 1 N–H and O–H groups in total. The molecule has 0 unspecified atom stereocenters. The summed E-state index contributed by atoms with van der Waals surface area (Å²) < 4.78 is 2.02. The summed E-state index contributed by atoms with van der Waals surface area (Å²) >= 11 is 3.52. The standard InChI is InChI=1S/C13H13BrN2O2/c1-3-9-4-5-10(6-12(9)14)11-7-15-16(8(11)2)13(17)18/h4-7H,3H2,1-2H3,(H,17,18). The second kappa shape index (κ2) is 4.94. The molecule has 0 radical (unpaired) electrons. The largest absolute Gasteiger partial charge is 0.463 e. The van der Waals surface area contributed by atoms with Gasteiger partial charge >= 0.3 is 6.09 Å². The van der Waals surface area contributed by atoms with Crippen LogP contribution in [0.15, 0.2) is 28.9 Å². The number of hydrogen-bond donors (Lipinski definition) is 1. The van der Waals surface area contributed by atoms with Gasteiger partial charge in [-0.2, -0.15) is 9.78 Å². The van der Waals surface area contributed by atoms with E-state index in [1.54, 1.807) is 13.1 Å². The SMILES string of the molecule is CCc1ccc(-c2cnn(C(=O)O)c2C)cc1Br. The maximum atomic E-state index is 10.9. The molecule has 1 heterocycles. The lowest BCUT2D eigenvalue weighted by Gasteiger charge is -2.05. The minimum absolute atomic E-state index is 0.624. The smallest absolute Gasteiger partial charge is 0.432 e. The van der Waals surface area contributed by atoms with Crippen molar-refractivity contribution in [3.8, 4) is 11.1 Å². The van der Waals surface area contributed by atoms with Gasteiger partial charge in [0.2, 0.25) is 0 Å². The van der Waals surface area contributed by atoms with Crippen molar-refractivity contribution in [3.63, 3.8) is 0 Å². The van der Waals surface area contributed by atoms with E-state index in [0.29, 0.717) is 5.69 Å². The van der Waals surface area contributed by atoms with Crippen molar-refractivity contribution in [1.29, 1.82) is 0 Å². The van der Waals surface area contributed by atoms with Gasteiger partial charge in [-0.3, -0.25) is 0 Å². The fraction of sp³-hybridized carbons (Fsp3) is 0.231. The highest BCUT2D eigenvalue weighted by atomic mass is 79.9. The number of aryl methyl sites for hydroxylation is 1. The molecule has 0 aliphatic rings. The highest BCUT2D eigenvalue weighted by Gasteiger charge is 2.13. The Labute approximate surface area is 113 Å². The van der Waals surface area contributed by atoms with Gasteiger partial charge in [0.15, 0.2) is 0 Å². The number of halogens is 1.